The van der Waals surface area contributed by atoms with Crippen LogP contribution in [0.4, 0.5) is 0 Å². The van der Waals surface area contributed by atoms with Crippen molar-refractivity contribution in [2.75, 3.05) is 0 Å². The Labute approximate surface area is 101 Å². The van der Waals surface area contributed by atoms with Crippen LogP contribution in [0.15, 0.2) is 0 Å². The molecule has 1 amide bonds. The summed E-state index contributed by atoms with van der Waals surface area (Å²) in [7, 11) is 0. The first kappa shape index (κ1) is 13.0. The van der Waals surface area contributed by atoms with Gasteiger partial charge in [0.25, 0.3) is 0 Å². The molecule has 1 saturated carbocycles. The summed E-state index contributed by atoms with van der Waals surface area (Å²) < 4.78 is 0. The molecule has 0 aromatic carbocycles. The molecule has 0 saturated heterocycles. The summed E-state index contributed by atoms with van der Waals surface area (Å²) in [6.07, 6.45) is 7.67. The van der Waals surface area contributed by atoms with E-state index in [1.807, 2.05) is 6.92 Å². The van der Waals surface area contributed by atoms with E-state index in [-0.39, 0.29) is 10.7 Å². The Morgan fingerprint density at radius 1 is 1.40 bits per heavy atom. The Kier molecular flexibility index (Phi) is 5.65. The van der Waals surface area contributed by atoms with E-state index in [1.54, 1.807) is 0 Å². The zero-order valence-electron chi connectivity index (χ0n) is 9.76. The van der Waals surface area contributed by atoms with Crippen LogP contribution in [0, 0.1) is 5.92 Å². The third-order valence-corrected chi connectivity index (χ3v) is 3.76. The van der Waals surface area contributed by atoms with Gasteiger partial charge in [0.2, 0.25) is 5.91 Å². The fraction of sp³-hybridized carbons (Fsp3) is 0.917. The smallest absolute Gasteiger partial charge is 0.233 e. The lowest BCUT2D eigenvalue weighted by Gasteiger charge is -2.30. The second kappa shape index (κ2) is 6.51. The molecule has 2 atom stereocenters. The van der Waals surface area contributed by atoms with Gasteiger partial charge >= 0.3 is 0 Å². The molecule has 1 rings (SSSR count). The van der Waals surface area contributed by atoms with E-state index in [0.717, 1.165) is 6.42 Å². The van der Waals surface area contributed by atoms with Crippen molar-refractivity contribution in [1.29, 1.82) is 0 Å². The zero-order chi connectivity index (χ0) is 11.3. The molecule has 3 heteroatoms. The van der Waals surface area contributed by atoms with Gasteiger partial charge in [-0.3, -0.25) is 4.79 Å². The summed E-state index contributed by atoms with van der Waals surface area (Å²) in [5.41, 5.74) is 0. The molecule has 0 radical (unpaired) electrons. The third-order valence-electron chi connectivity index (χ3n) is 3.35. The van der Waals surface area contributed by atoms with Crippen molar-refractivity contribution in [3.63, 3.8) is 0 Å². The fourth-order valence-corrected chi connectivity index (χ4v) is 2.52. The molecule has 0 bridgehead atoms. The fourth-order valence-electron chi connectivity index (χ4n) is 2.39. The summed E-state index contributed by atoms with van der Waals surface area (Å²) in [4.78, 5) is 11.5. The number of alkyl halides is 1. The van der Waals surface area contributed by atoms with Crippen molar-refractivity contribution in [3.8, 4) is 0 Å². The highest BCUT2D eigenvalue weighted by atomic mass is 79.9. The number of hydrogen-bond acceptors (Lipinski definition) is 1. The van der Waals surface area contributed by atoms with E-state index in [4.69, 9.17) is 0 Å². The van der Waals surface area contributed by atoms with E-state index >= 15 is 0 Å². The Balaban J connectivity index is 2.43. The van der Waals surface area contributed by atoms with Gasteiger partial charge in [0.05, 0.1) is 4.83 Å². The number of amides is 1. The molecule has 15 heavy (non-hydrogen) atoms. The first-order valence-corrected chi connectivity index (χ1v) is 7.01. The van der Waals surface area contributed by atoms with Crippen LogP contribution in [0.5, 0.6) is 0 Å². The van der Waals surface area contributed by atoms with Gasteiger partial charge in [-0.15, -0.1) is 0 Å². The van der Waals surface area contributed by atoms with E-state index in [2.05, 4.69) is 28.2 Å². The molecular formula is C12H22BrNO. The number of hydrogen-bond donors (Lipinski definition) is 1. The number of carbonyl (C=O) groups excluding carboxylic acids is 1. The second-order valence-corrected chi connectivity index (χ2v) is 5.91. The predicted molar refractivity (Wildman–Crippen MR) is 67.2 cm³/mol. The molecule has 1 N–H and O–H groups in total. The zero-order valence-corrected chi connectivity index (χ0v) is 11.3. The molecule has 88 valence electrons. The van der Waals surface area contributed by atoms with Gasteiger partial charge in [-0.25, -0.2) is 0 Å². The Morgan fingerprint density at radius 3 is 2.47 bits per heavy atom. The van der Waals surface area contributed by atoms with Gasteiger partial charge < -0.3 is 5.32 Å². The van der Waals surface area contributed by atoms with Gasteiger partial charge in [0.1, 0.15) is 0 Å². The maximum atomic E-state index is 11.6. The Morgan fingerprint density at radius 2 is 2.00 bits per heavy atom. The molecule has 0 heterocycles. The van der Waals surface area contributed by atoms with Crippen molar-refractivity contribution >= 4 is 21.8 Å². The Bertz CT molecular complexity index is 200. The summed E-state index contributed by atoms with van der Waals surface area (Å²) in [6.45, 7) is 4.04. The molecule has 0 aliphatic heterocycles. The molecular weight excluding hydrogens is 254 g/mol. The van der Waals surface area contributed by atoms with Gasteiger partial charge in [0.15, 0.2) is 0 Å². The van der Waals surface area contributed by atoms with Crippen LogP contribution in [0.25, 0.3) is 0 Å². The van der Waals surface area contributed by atoms with Gasteiger partial charge in [-0.05, 0) is 32.1 Å². The van der Waals surface area contributed by atoms with Crippen LogP contribution in [-0.4, -0.2) is 16.8 Å². The molecule has 1 aliphatic rings. The normalized spacial score (nSPS) is 22.1. The summed E-state index contributed by atoms with van der Waals surface area (Å²) in [5, 5.41) is 3.15. The van der Waals surface area contributed by atoms with Crippen molar-refractivity contribution in [1.82, 2.24) is 5.32 Å². The standard InChI is InChI=1S/C12H22BrNO/c1-3-11(14-12(15)9(2)13)10-7-5-4-6-8-10/h9-11H,3-8H2,1-2H3,(H,14,15). The molecule has 0 aromatic heterocycles. The Hall–Kier alpha value is -0.0500. The second-order valence-electron chi connectivity index (χ2n) is 4.54. The largest absolute Gasteiger partial charge is 0.352 e. The van der Waals surface area contributed by atoms with Crippen molar-refractivity contribution < 1.29 is 4.79 Å². The third kappa shape index (κ3) is 4.13. The first-order valence-electron chi connectivity index (χ1n) is 6.09. The van der Waals surface area contributed by atoms with Crippen molar-refractivity contribution in [2.24, 2.45) is 5.92 Å². The van der Waals surface area contributed by atoms with Crippen LogP contribution in [0.1, 0.15) is 52.4 Å². The minimum atomic E-state index is -0.0739. The first-order chi connectivity index (χ1) is 7.15. The molecule has 0 aromatic rings. The number of halogens is 1. The van der Waals surface area contributed by atoms with Crippen LogP contribution < -0.4 is 5.32 Å². The minimum absolute atomic E-state index is 0.0739. The van der Waals surface area contributed by atoms with Crippen LogP contribution in [0.3, 0.4) is 0 Å². The van der Waals surface area contributed by atoms with Crippen molar-refractivity contribution in [3.05, 3.63) is 0 Å². The van der Waals surface area contributed by atoms with Gasteiger partial charge in [-0.1, -0.05) is 42.1 Å². The quantitative estimate of drug-likeness (QED) is 0.785. The highest BCUT2D eigenvalue weighted by molar-refractivity contribution is 9.10. The average Bonchev–Trinajstić information content (AvgIpc) is 2.26. The summed E-state index contributed by atoms with van der Waals surface area (Å²) in [6, 6.07) is 0.387. The molecule has 1 fully saturated rings. The van der Waals surface area contributed by atoms with E-state index in [9.17, 15) is 4.79 Å². The molecule has 2 nitrogen and oxygen atoms in total. The number of nitrogens with one attached hydrogen (secondary N) is 1. The molecule has 1 aliphatic carbocycles. The minimum Gasteiger partial charge on any atom is -0.352 e. The topological polar surface area (TPSA) is 29.1 Å². The maximum absolute atomic E-state index is 11.6. The van der Waals surface area contributed by atoms with Crippen molar-refractivity contribution in [2.45, 2.75) is 63.2 Å². The summed E-state index contributed by atoms with van der Waals surface area (Å²) >= 11 is 3.31. The maximum Gasteiger partial charge on any atom is 0.233 e. The van der Waals surface area contributed by atoms with E-state index < -0.39 is 0 Å². The SMILES string of the molecule is CCC(NC(=O)C(C)Br)C1CCCCC1. The summed E-state index contributed by atoms with van der Waals surface area (Å²) in [5.74, 6) is 0.839. The lowest BCUT2D eigenvalue weighted by Crippen LogP contribution is -2.43. The van der Waals surface area contributed by atoms with Crippen LogP contribution >= 0.6 is 15.9 Å². The van der Waals surface area contributed by atoms with Crippen LogP contribution in [-0.2, 0) is 4.79 Å². The lowest BCUT2D eigenvalue weighted by atomic mass is 9.83. The van der Waals surface area contributed by atoms with Crippen LogP contribution in [0.2, 0.25) is 0 Å². The molecule has 0 spiro atoms. The molecule has 2 unspecified atom stereocenters. The number of carbonyl (C=O) groups is 1. The number of rotatable bonds is 4. The predicted octanol–water partition coefficient (Wildman–Crippen LogP) is 3.24. The lowest BCUT2D eigenvalue weighted by molar-refractivity contribution is -0.121. The van der Waals surface area contributed by atoms with Gasteiger partial charge in [-0.2, -0.15) is 0 Å². The highest BCUT2D eigenvalue weighted by Crippen LogP contribution is 2.27. The monoisotopic (exact) mass is 275 g/mol. The van der Waals surface area contributed by atoms with Gasteiger partial charge in [0, 0.05) is 6.04 Å². The average molecular weight is 276 g/mol. The highest BCUT2D eigenvalue weighted by Gasteiger charge is 2.24. The van der Waals surface area contributed by atoms with E-state index in [1.165, 1.54) is 32.1 Å². The van der Waals surface area contributed by atoms with E-state index in [0.29, 0.717) is 12.0 Å².